The Morgan fingerprint density at radius 1 is 1.17 bits per heavy atom. The molecule has 0 aromatic carbocycles. The van der Waals surface area contributed by atoms with E-state index in [9.17, 15) is 0 Å². The van der Waals surface area contributed by atoms with E-state index in [-0.39, 0.29) is 23.9 Å². The van der Waals surface area contributed by atoms with Crippen LogP contribution in [-0.2, 0) is 0 Å². The van der Waals surface area contributed by atoms with Crippen molar-refractivity contribution in [2.24, 2.45) is 0 Å². The van der Waals surface area contributed by atoms with Gasteiger partial charge in [0.15, 0.2) is 0 Å². The normalized spacial score (nSPS) is 10.0. The summed E-state index contributed by atoms with van der Waals surface area (Å²) in [5, 5.41) is 0. The molecule has 0 aliphatic heterocycles. The van der Waals surface area contributed by atoms with Gasteiger partial charge in [0.2, 0.25) is 0 Å². The van der Waals surface area contributed by atoms with E-state index in [1.54, 1.807) is 6.55 Å². The molecule has 36 valence electrons. The van der Waals surface area contributed by atoms with Crippen molar-refractivity contribution in [3.05, 3.63) is 0 Å². The Morgan fingerprint density at radius 3 is 1.17 bits per heavy atom. The minimum atomic E-state index is -2.19. The van der Waals surface area contributed by atoms with Crippen molar-refractivity contribution in [3.8, 4) is 0 Å². The minimum absolute atomic E-state index is 0. The zero-order valence-electron chi connectivity index (χ0n) is 3.13. The van der Waals surface area contributed by atoms with Gasteiger partial charge in [-0.25, -0.2) is 0 Å². The van der Waals surface area contributed by atoms with Crippen molar-refractivity contribution >= 4 is 63.1 Å². The molecular weight excluding hydrogens is 265 g/mol. The van der Waals surface area contributed by atoms with Crippen LogP contribution in [0.4, 0.5) is 0 Å². The summed E-state index contributed by atoms with van der Waals surface area (Å²) < 4.78 is 0. The topological polar surface area (TPSA) is 0 Å². The molecule has 0 aromatic heterocycles. The molecule has 0 N–H and O–H groups in total. The molecule has 0 rings (SSSR count). The van der Waals surface area contributed by atoms with E-state index >= 15 is 0 Å². The van der Waals surface area contributed by atoms with Gasteiger partial charge >= 0.3 is 6.00 Å². The molecule has 0 aliphatic rings. The molecule has 6 heavy (non-hydrogen) atoms. The first kappa shape index (κ1) is 10.8. The average Bonchev–Trinajstić information content (AvgIpc) is 0.722. The fourth-order valence-corrected chi connectivity index (χ4v) is 0. The maximum atomic E-state index is 5.20. The van der Waals surface area contributed by atoms with Crippen molar-refractivity contribution in [1.82, 2.24) is 0 Å². The van der Waals surface area contributed by atoms with E-state index in [4.69, 9.17) is 33.2 Å². The van der Waals surface area contributed by atoms with E-state index in [0.29, 0.717) is 0 Å². The second-order valence-corrected chi connectivity index (χ2v) is 10.9. The van der Waals surface area contributed by atoms with E-state index in [0.717, 1.165) is 0 Å². The molecule has 0 atom stereocenters. The summed E-state index contributed by atoms with van der Waals surface area (Å²) in [5.74, 6) is 0. The SMILES string of the molecule is C[Si](Cl)(Cl)Cl.[Sn]. The number of hydrogen-bond acceptors (Lipinski definition) is 0. The van der Waals surface area contributed by atoms with Crippen molar-refractivity contribution in [2.45, 2.75) is 6.55 Å². The number of halogens is 3. The quantitative estimate of drug-likeness (QED) is 0.465. The molecule has 0 saturated carbocycles. The standard InChI is InChI=1S/CH3Cl3Si.Sn/c1-5(2,3)4;/h1H3;. The summed E-state index contributed by atoms with van der Waals surface area (Å²) in [4.78, 5) is 0. The van der Waals surface area contributed by atoms with Gasteiger partial charge in [0.05, 0.1) is 0 Å². The molecule has 0 unspecified atom stereocenters. The van der Waals surface area contributed by atoms with Gasteiger partial charge in [-0.15, -0.1) is 33.2 Å². The summed E-state index contributed by atoms with van der Waals surface area (Å²) in [6.45, 7) is 1.62. The summed E-state index contributed by atoms with van der Waals surface area (Å²) in [5.41, 5.74) is 0. The predicted molar refractivity (Wildman–Crippen MR) is 34.9 cm³/mol. The third-order valence-corrected chi connectivity index (χ3v) is 0. The first-order chi connectivity index (χ1) is 2.00. The van der Waals surface area contributed by atoms with Crippen molar-refractivity contribution in [2.75, 3.05) is 0 Å². The summed E-state index contributed by atoms with van der Waals surface area (Å²) in [6.07, 6.45) is 0. The predicted octanol–water partition coefficient (Wildman–Crippen LogP) is 1.89. The molecule has 0 aromatic rings. The smallest absolute Gasteiger partial charge is 0.126 e. The van der Waals surface area contributed by atoms with Gasteiger partial charge in [-0.1, -0.05) is 0 Å². The van der Waals surface area contributed by atoms with Crippen LogP contribution >= 0.6 is 33.2 Å². The van der Waals surface area contributed by atoms with E-state index in [1.807, 2.05) is 0 Å². The van der Waals surface area contributed by atoms with Gasteiger partial charge in [-0.3, -0.25) is 0 Å². The molecule has 4 radical (unpaired) electrons. The molecule has 0 fully saturated rings. The maximum Gasteiger partial charge on any atom is 0.338 e. The van der Waals surface area contributed by atoms with Gasteiger partial charge in [0, 0.05) is 23.9 Å². The minimum Gasteiger partial charge on any atom is -0.126 e. The second-order valence-electron chi connectivity index (χ2n) is 0.781. The van der Waals surface area contributed by atoms with E-state index < -0.39 is 6.00 Å². The van der Waals surface area contributed by atoms with Crippen LogP contribution in [0.5, 0.6) is 0 Å². The zero-order valence-corrected chi connectivity index (χ0v) is 9.26. The second kappa shape index (κ2) is 3.84. The van der Waals surface area contributed by atoms with Crippen LogP contribution in [0, 0.1) is 0 Å². The van der Waals surface area contributed by atoms with Crippen LogP contribution in [0.15, 0.2) is 0 Å². The molecule has 5 heteroatoms. The molecule has 0 spiro atoms. The van der Waals surface area contributed by atoms with Crippen LogP contribution in [0.3, 0.4) is 0 Å². The van der Waals surface area contributed by atoms with Gasteiger partial charge in [0.1, 0.15) is 0 Å². The summed E-state index contributed by atoms with van der Waals surface area (Å²) in [6, 6.07) is -2.19. The Hall–Kier alpha value is 1.89. The average molecular weight is 268 g/mol. The maximum absolute atomic E-state index is 5.20. The third kappa shape index (κ3) is 39.5. The fourth-order valence-electron chi connectivity index (χ4n) is 0. The first-order valence-corrected chi connectivity index (χ1v) is 6.60. The van der Waals surface area contributed by atoms with Crippen LogP contribution in [0.25, 0.3) is 0 Å². The largest absolute Gasteiger partial charge is 0.338 e. The zero-order chi connectivity index (χ0) is 4.50. The van der Waals surface area contributed by atoms with Crippen molar-refractivity contribution in [3.63, 3.8) is 0 Å². The monoisotopic (exact) mass is 268 g/mol. The van der Waals surface area contributed by atoms with Crippen LogP contribution < -0.4 is 0 Å². The Balaban J connectivity index is 0. The van der Waals surface area contributed by atoms with Gasteiger partial charge in [0.25, 0.3) is 0 Å². The van der Waals surface area contributed by atoms with Crippen LogP contribution in [-0.4, -0.2) is 29.9 Å². The Bertz CT molecular complexity index is 26.3. The molecule has 0 saturated heterocycles. The molecule has 0 bridgehead atoms. The van der Waals surface area contributed by atoms with E-state index in [2.05, 4.69) is 0 Å². The molecular formula is CH3Cl3SiSn. The van der Waals surface area contributed by atoms with Gasteiger partial charge < -0.3 is 0 Å². The molecule has 0 heterocycles. The van der Waals surface area contributed by atoms with E-state index in [1.165, 1.54) is 0 Å². The Labute approximate surface area is 69.2 Å². The fraction of sp³-hybridized carbons (Fsp3) is 1.00. The van der Waals surface area contributed by atoms with Gasteiger partial charge in [-0.05, 0) is 6.55 Å². The first-order valence-electron chi connectivity index (χ1n) is 1.07. The van der Waals surface area contributed by atoms with Gasteiger partial charge in [-0.2, -0.15) is 0 Å². The Morgan fingerprint density at radius 2 is 1.17 bits per heavy atom. The summed E-state index contributed by atoms with van der Waals surface area (Å²) in [7, 11) is 0. The Kier molecular flexibility index (Phi) is 6.90. The van der Waals surface area contributed by atoms with Crippen molar-refractivity contribution in [1.29, 1.82) is 0 Å². The van der Waals surface area contributed by atoms with Crippen molar-refractivity contribution < 1.29 is 0 Å². The van der Waals surface area contributed by atoms with Crippen LogP contribution in [0.2, 0.25) is 6.55 Å². The third-order valence-electron chi connectivity index (χ3n) is 0. The molecule has 0 aliphatic carbocycles. The van der Waals surface area contributed by atoms with Crippen LogP contribution in [0.1, 0.15) is 0 Å². The summed E-state index contributed by atoms with van der Waals surface area (Å²) >= 11 is 15.6. The molecule has 0 nitrogen and oxygen atoms in total. The molecule has 0 amide bonds. The number of rotatable bonds is 0. The number of hydrogen-bond donors (Lipinski definition) is 0.